The molecule has 1 aromatic rings. The third-order valence-corrected chi connectivity index (χ3v) is 3.28. The maximum atomic E-state index is 11.7. The highest BCUT2D eigenvalue weighted by molar-refractivity contribution is 8.13. The van der Waals surface area contributed by atoms with E-state index < -0.39 is 23.2 Å². The van der Waals surface area contributed by atoms with Crippen molar-refractivity contribution in [3.8, 4) is 0 Å². The fourth-order valence-electron chi connectivity index (χ4n) is 1.41. The molecular formula is C13H15NO5S. The molecule has 0 bridgehead atoms. The van der Waals surface area contributed by atoms with Crippen LogP contribution in [0.5, 0.6) is 0 Å². The van der Waals surface area contributed by atoms with E-state index in [-0.39, 0.29) is 12.8 Å². The highest BCUT2D eigenvalue weighted by Crippen LogP contribution is 2.19. The zero-order valence-corrected chi connectivity index (χ0v) is 11.6. The lowest BCUT2D eigenvalue weighted by molar-refractivity contribution is -0.140. The van der Waals surface area contributed by atoms with Gasteiger partial charge in [0, 0.05) is 11.3 Å². The van der Waals surface area contributed by atoms with Crippen LogP contribution in [0.2, 0.25) is 0 Å². The van der Waals surface area contributed by atoms with E-state index in [1.807, 2.05) is 19.1 Å². The maximum absolute atomic E-state index is 11.7. The van der Waals surface area contributed by atoms with Crippen LogP contribution in [0.25, 0.3) is 0 Å². The Balaban J connectivity index is 2.55. The first-order valence-corrected chi connectivity index (χ1v) is 6.69. The molecule has 0 aliphatic carbocycles. The van der Waals surface area contributed by atoms with Gasteiger partial charge in [-0.05, 0) is 37.2 Å². The second kappa shape index (κ2) is 7.54. The largest absolute Gasteiger partial charge is 0.481 e. The summed E-state index contributed by atoms with van der Waals surface area (Å²) in [7, 11) is 0. The van der Waals surface area contributed by atoms with Crippen LogP contribution >= 0.6 is 11.8 Å². The molecule has 0 unspecified atom stereocenters. The molecule has 6 nitrogen and oxygen atoms in total. The van der Waals surface area contributed by atoms with Crippen LogP contribution in [0, 0.1) is 6.92 Å². The Hall–Kier alpha value is -2.02. The van der Waals surface area contributed by atoms with Crippen LogP contribution in [0.3, 0.4) is 0 Å². The third-order valence-electron chi connectivity index (χ3n) is 2.47. The summed E-state index contributed by atoms with van der Waals surface area (Å²) < 4.78 is 0. The van der Waals surface area contributed by atoms with E-state index in [4.69, 9.17) is 10.2 Å². The van der Waals surface area contributed by atoms with Gasteiger partial charge in [-0.1, -0.05) is 17.7 Å². The number of benzene rings is 1. The van der Waals surface area contributed by atoms with Crippen LogP contribution < -0.4 is 5.32 Å². The molecule has 0 spiro atoms. The first kappa shape index (κ1) is 16.0. The predicted octanol–water partition coefficient (Wildman–Crippen LogP) is 2.11. The van der Waals surface area contributed by atoms with Gasteiger partial charge in [0.2, 0.25) is 0 Å². The fourth-order valence-corrected chi connectivity index (χ4v) is 2.10. The van der Waals surface area contributed by atoms with E-state index in [1.54, 1.807) is 12.1 Å². The van der Waals surface area contributed by atoms with Crippen LogP contribution in [-0.2, 0) is 9.59 Å². The molecule has 1 atom stereocenters. The molecule has 0 heterocycles. The molecule has 1 rings (SSSR count). The molecule has 3 N–H and O–H groups in total. The summed E-state index contributed by atoms with van der Waals surface area (Å²) in [6.07, 6.45) is -0.461. The number of hydrogen-bond donors (Lipinski definition) is 3. The maximum Gasteiger partial charge on any atom is 0.326 e. The Kier molecular flexibility index (Phi) is 6.05. The molecule has 7 heteroatoms. The summed E-state index contributed by atoms with van der Waals surface area (Å²) >= 11 is 0.872. The molecule has 0 saturated carbocycles. The van der Waals surface area contributed by atoms with E-state index in [0.29, 0.717) is 4.90 Å². The number of aliphatic carboxylic acids is 2. The number of hydrogen-bond acceptors (Lipinski definition) is 4. The van der Waals surface area contributed by atoms with Crippen molar-refractivity contribution in [1.29, 1.82) is 0 Å². The van der Waals surface area contributed by atoms with Crippen LogP contribution in [0.1, 0.15) is 18.4 Å². The number of amides is 1. The van der Waals surface area contributed by atoms with Gasteiger partial charge in [-0.2, -0.15) is 0 Å². The van der Waals surface area contributed by atoms with Crippen molar-refractivity contribution in [1.82, 2.24) is 5.32 Å². The van der Waals surface area contributed by atoms with Gasteiger partial charge in [0.05, 0.1) is 0 Å². The minimum atomic E-state index is -1.25. The third kappa shape index (κ3) is 5.75. The first-order chi connectivity index (χ1) is 9.38. The lowest BCUT2D eigenvalue weighted by atomic mass is 10.1. The van der Waals surface area contributed by atoms with Gasteiger partial charge in [-0.15, -0.1) is 0 Å². The standard InChI is InChI=1S/C13H15NO5S/c1-8-2-4-9(5-3-8)20-13(19)14-10(12(17)18)6-7-11(15)16/h2-5,10H,6-7H2,1H3,(H,14,19)(H,15,16)(H,17,18)/t10-/m0/s1. The number of carboxylic acid groups (broad SMARTS) is 2. The number of carbonyl (C=O) groups is 3. The zero-order chi connectivity index (χ0) is 15.1. The Labute approximate surface area is 120 Å². The van der Waals surface area contributed by atoms with Crippen molar-refractivity contribution in [2.75, 3.05) is 0 Å². The Morgan fingerprint density at radius 2 is 1.80 bits per heavy atom. The molecule has 0 aliphatic heterocycles. The molecule has 0 radical (unpaired) electrons. The van der Waals surface area contributed by atoms with Crippen molar-refractivity contribution in [3.05, 3.63) is 29.8 Å². The number of nitrogens with one attached hydrogen (secondary N) is 1. The zero-order valence-electron chi connectivity index (χ0n) is 10.8. The molecule has 1 aromatic carbocycles. The Morgan fingerprint density at radius 3 is 2.30 bits per heavy atom. The predicted molar refractivity (Wildman–Crippen MR) is 73.9 cm³/mol. The van der Waals surface area contributed by atoms with Crippen LogP contribution in [-0.4, -0.2) is 33.4 Å². The molecule has 0 saturated heterocycles. The summed E-state index contributed by atoms with van der Waals surface area (Å²) in [5.41, 5.74) is 1.06. The monoisotopic (exact) mass is 297 g/mol. The summed E-state index contributed by atoms with van der Waals surface area (Å²) in [5.74, 6) is -2.35. The molecular weight excluding hydrogens is 282 g/mol. The SMILES string of the molecule is Cc1ccc(SC(=O)N[C@@H](CCC(=O)O)C(=O)O)cc1. The summed E-state index contributed by atoms with van der Waals surface area (Å²) in [5, 5.41) is 19.2. The van der Waals surface area contributed by atoms with Crippen LogP contribution in [0.15, 0.2) is 29.2 Å². The lowest BCUT2D eigenvalue weighted by Crippen LogP contribution is -2.39. The molecule has 108 valence electrons. The minimum absolute atomic E-state index is 0.148. The average molecular weight is 297 g/mol. The molecule has 0 aromatic heterocycles. The van der Waals surface area contributed by atoms with E-state index in [2.05, 4.69) is 5.32 Å². The topological polar surface area (TPSA) is 104 Å². The van der Waals surface area contributed by atoms with Gasteiger partial charge in [-0.25, -0.2) is 4.79 Å². The van der Waals surface area contributed by atoms with Gasteiger partial charge in [0.1, 0.15) is 6.04 Å². The number of thioether (sulfide) groups is 1. The van der Waals surface area contributed by atoms with Gasteiger partial charge in [0.15, 0.2) is 0 Å². The Morgan fingerprint density at radius 1 is 1.20 bits per heavy atom. The van der Waals surface area contributed by atoms with Crippen molar-refractivity contribution in [2.24, 2.45) is 0 Å². The second-order valence-corrected chi connectivity index (χ2v) is 5.22. The second-order valence-electron chi connectivity index (χ2n) is 4.17. The first-order valence-electron chi connectivity index (χ1n) is 5.88. The van der Waals surface area contributed by atoms with E-state index in [1.165, 1.54) is 0 Å². The number of rotatable bonds is 6. The van der Waals surface area contributed by atoms with Crippen molar-refractivity contribution >= 4 is 28.9 Å². The Bertz CT molecular complexity index is 500. The number of carbonyl (C=O) groups excluding carboxylic acids is 1. The molecule has 0 fully saturated rings. The summed E-state index contributed by atoms with van der Waals surface area (Å²) in [4.78, 5) is 33.7. The molecule has 0 aliphatic rings. The summed E-state index contributed by atoms with van der Waals surface area (Å²) in [6, 6.07) is 6.00. The van der Waals surface area contributed by atoms with Crippen molar-refractivity contribution < 1.29 is 24.6 Å². The fraction of sp³-hybridized carbons (Fsp3) is 0.308. The highest BCUT2D eigenvalue weighted by Gasteiger charge is 2.21. The lowest BCUT2D eigenvalue weighted by Gasteiger charge is -2.12. The molecule has 20 heavy (non-hydrogen) atoms. The van der Waals surface area contributed by atoms with E-state index >= 15 is 0 Å². The summed E-state index contributed by atoms with van der Waals surface area (Å²) in [6.45, 7) is 1.92. The van der Waals surface area contributed by atoms with Crippen LogP contribution in [0.4, 0.5) is 4.79 Å². The average Bonchev–Trinajstić information content (AvgIpc) is 2.36. The van der Waals surface area contributed by atoms with Crippen molar-refractivity contribution in [2.45, 2.75) is 30.7 Å². The van der Waals surface area contributed by atoms with Gasteiger partial charge in [-0.3, -0.25) is 9.59 Å². The van der Waals surface area contributed by atoms with Gasteiger partial charge < -0.3 is 15.5 Å². The van der Waals surface area contributed by atoms with E-state index in [9.17, 15) is 14.4 Å². The normalized spacial score (nSPS) is 11.7. The highest BCUT2D eigenvalue weighted by atomic mass is 32.2. The van der Waals surface area contributed by atoms with Crippen molar-refractivity contribution in [3.63, 3.8) is 0 Å². The van der Waals surface area contributed by atoms with Gasteiger partial charge in [0.25, 0.3) is 5.24 Å². The van der Waals surface area contributed by atoms with E-state index in [0.717, 1.165) is 17.3 Å². The minimum Gasteiger partial charge on any atom is -0.481 e. The molecule has 1 amide bonds. The number of carboxylic acids is 2. The smallest absolute Gasteiger partial charge is 0.326 e. The van der Waals surface area contributed by atoms with Gasteiger partial charge >= 0.3 is 11.9 Å². The number of aryl methyl sites for hydroxylation is 1. The quantitative estimate of drug-likeness (QED) is 0.695.